The Hall–Kier alpha value is -2.20. The SMILES string of the molecule is CSc1cccc(NC(=O)Cc2coc3cc(C)c(C(C)C)cc23)c1. The second-order valence-corrected chi connectivity index (χ2v) is 7.46. The fraction of sp³-hybridized carbons (Fsp3) is 0.286. The number of thioether (sulfide) groups is 1. The Labute approximate surface area is 152 Å². The highest BCUT2D eigenvalue weighted by atomic mass is 32.2. The first-order valence-corrected chi connectivity index (χ1v) is 9.65. The lowest BCUT2D eigenvalue weighted by molar-refractivity contribution is -0.115. The van der Waals surface area contributed by atoms with E-state index in [1.54, 1.807) is 18.0 Å². The molecule has 0 atom stereocenters. The Balaban J connectivity index is 1.82. The Kier molecular flexibility index (Phi) is 5.19. The molecule has 25 heavy (non-hydrogen) atoms. The Morgan fingerprint density at radius 3 is 2.76 bits per heavy atom. The summed E-state index contributed by atoms with van der Waals surface area (Å²) in [5.41, 5.74) is 5.11. The van der Waals surface area contributed by atoms with Gasteiger partial charge in [-0.25, -0.2) is 0 Å². The van der Waals surface area contributed by atoms with Crippen LogP contribution in [0.1, 0.15) is 36.5 Å². The van der Waals surface area contributed by atoms with Gasteiger partial charge in [-0.3, -0.25) is 4.79 Å². The first kappa shape index (κ1) is 17.6. The number of rotatable bonds is 5. The van der Waals surface area contributed by atoms with Gasteiger partial charge in [0.05, 0.1) is 12.7 Å². The van der Waals surface area contributed by atoms with Crippen molar-refractivity contribution in [1.29, 1.82) is 0 Å². The minimum Gasteiger partial charge on any atom is -0.464 e. The summed E-state index contributed by atoms with van der Waals surface area (Å²) < 4.78 is 5.67. The molecule has 2 aromatic carbocycles. The zero-order chi connectivity index (χ0) is 18.0. The first-order valence-electron chi connectivity index (χ1n) is 8.42. The molecular formula is C21H23NO2S. The summed E-state index contributed by atoms with van der Waals surface area (Å²) >= 11 is 1.66. The monoisotopic (exact) mass is 353 g/mol. The van der Waals surface area contributed by atoms with E-state index >= 15 is 0 Å². The van der Waals surface area contributed by atoms with Crippen LogP contribution >= 0.6 is 11.8 Å². The maximum Gasteiger partial charge on any atom is 0.228 e. The summed E-state index contributed by atoms with van der Waals surface area (Å²) in [6, 6.07) is 12.1. The van der Waals surface area contributed by atoms with Crippen molar-refractivity contribution in [3.8, 4) is 0 Å². The van der Waals surface area contributed by atoms with Crippen LogP contribution < -0.4 is 5.32 Å². The summed E-state index contributed by atoms with van der Waals surface area (Å²) in [6.45, 7) is 6.46. The molecule has 0 aliphatic heterocycles. The number of carbonyl (C=O) groups excluding carboxylic acids is 1. The topological polar surface area (TPSA) is 42.2 Å². The summed E-state index contributed by atoms with van der Waals surface area (Å²) in [5, 5.41) is 4.00. The van der Waals surface area contributed by atoms with Crippen LogP contribution in [0.25, 0.3) is 11.0 Å². The van der Waals surface area contributed by atoms with E-state index in [1.807, 2.05) is 30.5 Å². The van der Waals surface area contributed by atoms with Crippen molar-refractivity contribution in [2.75, 3.05) is 11.6 Å². The van der Waals surface area contributed by atoms with E-state index in [1.165, 1.54) is 11.1 Å². The second-order valence-electron chi connectivity index (χ2n) is 6.58. The third kappa shape index (κ3) is 3.90. The van der Waals surface area contributed by atoms with Crippen LogP contribution in [0, 0.1) is 6.92 Å². The highest BCUT2D eigenvalue weighted by Gasteiger charge is 2.14. The van der Waals surface area contributed by atoms with Crippen molar-refractivity contribution in [2.45, 2.75) is 38.0 Å². The third-order valence-corrected chi connectivity index (χ3v) is 5.09. The average molecular weight is 353 g/mol. The van der Waals surface area contributed by atoms with Crippen molar-refractivity contribution in [3.05, 3.63) is 59.4 Å². The van der Waals surface area contributed by atoms with Gasteiger partial charge in [-0.05, 0) is 60.6 Å². The van der Waals surface area contributed by atoms with Crippen molar-refractivity contribution >= 4 is 34.3 Å². The number of hydrogen-bond acceptors (Lipinski definition) is 3. The van der Waals surface area contributed by atoms with E-state index in [-0.39, 0.29) is 5.91 Å². The fourth-order valence-electron chi connectivity index (χ4n) is 3.08. The molecule has 0 aliphatic carbocycles. The smallest absolute Gasteiger partial charge is 0.228 e. The molecule has 1 aromatic heterocycles. The highest BCUT2D eigenvalue weighted by molar-refractivity contribution is 7.98. The molecule has 3 rings (SSSR count). The van der Waals surface area contributed by atoms with Crippen molar-refractivity contribution in [1.82, 2.24) is 0 Å². The van der Waals surface area contributed by atoms with Gasteiger partial charge in [-0.1, -0.05) is 19.9 Å². The number of benzene rings is 2. The van der Waals surface area contributed by atoms with Gasteiger partial charge in [-0.15, -0.1) is 11.8 Å². The molecule has 0 unspecified atom stereocenters. The van der Waals surface area contributed by atoms with Gasteiger partial charge in [0, 0.05) is 21.5 Å². The summed E-state index contributed by atoms with van der Waals surface area (Å²) in [6.07, 6.45) is 4.02. The second kappa shape index (κ2) is 7.36. The van der Waals surface area contributed by atoms with Crippen LogP contribution in [0.4, 0.5) is 5.69 Å². The Morgan fingerprint density at radius 1 is 1.24 bits per heavy atom. The zero-order valence-electron chi connectivity index (χ0n) is 15.1. The number of fused-ring (bicyclic) bond motifs is 1. The van der Waals surface area contributed by atoms with Gasteiger partial charge in [0.25, 0.3) is 0 Å². The standard InChI is InChI=1S/C21H23NO2S/c1-13(2)18-11-19-15(12-24-20(19)8-14(18)3)9-21(23)22-16-6-5-7-17(10-16)25-4/h5-8,10-13H,9H2,1-4H3,(H,22,23). The molecule has 1 heterocycles. The quantitative estimate of drug-likeness (QED) is 0.592. The van der Waals surface area contributed by atoms with Crippen LogP contribution in [0.2, 0.25) is 0 Å². The van der Waals surface area contributed by atoms with Crippen LogP contribution in [0.3, 0.4) is 0 Å². The minimum atomic E-state index is -0.0346. The molecule has 1 amide bonds. The lowest BCUT2D eigenvalue weighted by Crippen LogP contribution is -2.14. The molecule has 0 spiro atoms. The molecule has 0 saturated carbocycles. The van der Waals surface area contributed by atoms with E-state index in [9.17, 15) is 4.79 Å². The first-order chi connectivity index (χ1) is 12.0. The summed E-state index contributed by atoms with van der Waals surface area (Å²) in [4.78, 5) is 13.6. The number of aryl methyl sites for hydroxylation is 1. The number of furan rings is 1. The Morgan fingerprint density at radius 2 is 2.04 bits per heavy atom. The molecule has 0 saturated heterocycles. The van der Waals surface area contributed by atoms with E-state index in [0.717, 1.165) is 27.1 Å². The third-order valence-electron chi connectivity index (χ3n) is 4.37. The molecule has 0 radical (unpaired) electrons. The lowest BCUT2D eigenvalue weighted by atomic mass is 9.95. The zero-order valence-corrected chi connectivity index (χ0v) is 15.9. The van der Waals surface area contributed by atoms with E-state index < -0.39 is 0 Å². The largest absolute Gasteiger partial charge is 0.464 e. The lowest BCUT2D eigenvalue weighted by Gasteiger charge is -2.10. The number of anilines is 1. The predicted octanol–water partition coefficient (Wildman–Crippen LogP) is 5.77. The molecule has 1 N–H and O–H groups in total. The Bertz CT molecular complexity index is 911. The number of hydrogen-bond donors (Lipinski definition) is 1. The molecule has 3 nitrogen and oxygen atoms in total. The van der Waals surface area contributed by atoms with Gasteiger partial charge in [0.2, 0.25) is 5.91 Å². The minimum absolute atomic E-state index is 0.0346. The van der Waals surface area contributed by atoms with Crippen LogP contribution in [-0.2, 0) is 11.2 Å². The van der Waals surface area contributed by atoms with Gasteiger partial charge < -0.3 is 9.73 Å². The molecular weight excluding hydrogens is 330 g/mol. The molecule has 4 heteroatoms. The number of nitrogens with one attached hydrogen (secondary N) is 1. The van der Waals surface area contributed by atoms with Crippen molar-refractivity contribution in [3.63, 3.8) is 0 Å². The van der Waals surface area contributed by atoms with Gasteiger partial charge in [0.15, 0.2) is 0 Å². The summed E-state index contributed by atoms with van der Waals surface area (Å²) in [7, 11) is 0. The van der Waals surface area contributed by atoms with E-state index in [4.69, 9.17) is 4.42 Å². The average Bonchev–Trinajstić information content (AvgIpc) is 2.95. The van der Waals surface area contributed by atoms with E-state index in [2.05, 4.69) is 38.2 Å². The van der Waals surface area contributed by atoms with Gasteiger partial charge >= 0.3 is 0 Å². The van der Waals surface area contributed by atoms with Gasteiger partial charge in [-0.2, -0.15) is 0 Å². The van der Waals surface area contributed by atoms with Crippen molar-refractivity contribution < 1.29 is 9.21 Å². The fourth-order valence-corrected chi connectivity index (χ4v) is 3.54. The number of amides is 1. The molecule has 0 bridgehead atoms. The van der Waals surface area contributed by atoms with Crippen LogP contribution in [0.5, 0.6) is 0 Å². The molecule has 0 fully saturated rings. The van der Waals surface area contributed by atoms with Crippen LogP contribution in [0.15, 0.2) is 52.0 Å². The molecule has 3 aromatic rings. The maximum atomic E-state index is 12.4. The highest BCUT2D eigenvalue weighted by Crippen LogP contribution is 2.29. The van der Waals surface area contributed by atoms with E-state index in [0.29, 0.717) is 12.3 Å². The normalized spacial score (nSPS) is 11.2. The molecule has 130 valence electrons. The number of carbonyl (C=O) groups is 1. The maximum absolute atomic E-state index is 12.4. The summed E-state index contributed by atoms with van der Waals surface area (Å²) in [5.74, 6) is 0.405. The van der Waals surface area contributed by atoms with Gasteiger partial charge in [0.1, 0.15) is 5.58 Å². The predicted molar refractivity (Wildman–Crippen MR) is 106 cm³/mol. The van der Waals surface area contributed by atoms with Crippen LogP contribution in [-0.4, -0.2) is 12.2 Å². The van der Waals surface area contributed by atoms with Crippen molar-refractivity contribution in [2.24, 2.45) is 0 Å². The molecule has 0 aliphatic rings.